The van der Waals surface area contributed by atoms with Crippen LogP contribution in [0.1, 0.15) is 24.4 Å². The maximum absolute atomic E-state index is 11.9. The number of halogens is 3. The maximum atomic E-state index is 11.9. The van der Waals surface area contributed by atoms with E-state index in [1.54, 1.807) is 11.4 Å². The van der Waals surface area contributed by atoms with Crippen molar-refractivity contribution in [2.24, 2.45) is 5.84 Å². The zero-order valence-electron chi connectivity index (χ0n) is 7.34. The fourth-order valence-electron chi connectivity index (χ4n) is 1.13. The van der Waals surface area contributed by atoms with E-state index in [0.717, 1.165) is 5.56 Å². The average Bonchev–Trinajstić information content (AvgIpc) is 2.56. The van der Waals surface area contributed by atoms with Gasteiger partial charge < -0.3 is 0 Å². The van der Waals surface area contributed by atoms with Crippen LogP contribution in [0.3, 0.4) is 0 Å². The Morgan fingerprint density at radius 2 is 2.21 bits per heavy atom. The normalized spacial score (nSPS) is 14.3. The monoisotopic (exact) mass is 224 g/mol. The standard InChI is InChI=1S/C8H11F3N2S/c9-8(10,11)3-1-7(13-12)6-2-4-14-5-6/h2,4-5,7,13H,1,3,12H2. The van der Waals surface area contributed by atoms with Crippen molar-refractivity contribution in [2.45, 2.75) is 25.1 Å². The molecule has 0 aromatic carbocycles. The van der Waals surface area contributed by atoms with Crippen molar-refractivity contribution < 1.29 is 13.2 Å². The Bertz CT molecular complexity index is 258. The lowest BCUT2D eigenvalue weighted by atomic mass is 10.1. The Labute approximate surface area is 83.9 Å². The van der Waals surface area contributed by atoms with Crippen LogP contribution in [0, 0.1) is 0 Å². The van der Waals surface area contributed by atoms with Gasteiger partial charge in [-0.05, 0) is 28.8 Å². The number of hydrazine groups is 1. The molecule has 1 unspecified atom stereocenters. The highest BCUT2D eigenvalue weighted by Crippen LogP contribution is 2.27. The molecule has 0 bridgehead atoms. The molecule has 0 saturated carbocycles. The van der Waals surface area contributed by atoms with Gasteiger partial charge in [-0.15, -0.1) is 0 Å². The summed E-state index contributed by atoms with van der Waals surface area (Å²) in [6.07, 6.45) is -4.97. The number of thiophene rings is 1. The van der Waals surface area contributed by atoms with Gasteiger partial charge in [0.1, 0.15) is 0 Å². The van der Waals surface area contributed by atoms with E-state index < -0.39 is 18.6 Å². The molecule has 0 radical (unpaired) electrons. The minimum atomic E-state index is -4.12. The first-order valence-corrected chi connectivity index (χ1v) is 5.02. The molecule has 6 heteroatoms. The second-order valence-corrected chi connectivity index (χ2v) is 3.71. The van der Waals surface area contributed by atoms with Gasteiger partial charge in [0, 0.05) is 12.5 Å². The average molecular weight is 224 g/mol. The molecule has 14 heavy (non-hydrogen) atoms. The zero-order chi connectivity index (χ0) is 10.6. The van der Waals surface area contributed by atoms with Crippen LogP contribution in [-0.2, 0) is 0 Å². The molecular formula is C8H11F3N2S. The molecule has 80 valence electrons. The Hall–Kier alpha value is -0.590. The minimum Gasteiger partial charge on any atom is -0.271 e. The number of alkyl halides is 3. The molecule has 1 rings (SSSR count). The van der Waals surface area contributed by atoms with Crippen LogP contribution in [0.4, 0.5) is 13.2 Å². The largest absolute Gasteiger partial charge is 0.389 e. The van der Waals surface area contributed by atoms with Crippen LogP contribution < -0.4 is 11.3 Å². The number of rotatable bonds is 4. The summed E-state index contributed by atoms with van der Waals surface area (Å²) in [5.41, 5.74) is 3.19. The number of hydrogen-bond donors (Lipinski definition) is 2. The van der Waals surface area contributed by atoms with Gasteiger partial charge in [-0.1, -0.05) is 0 Å². The molecule has 0 amide bonds. The van der Waals surface area contributed by atoms with Crippen molar-refractivity contribution in [3.8, 4) is 0 Å². The second-order valence-electron chi connectivity index (χ2n) is 2.93. The van der Waals surface area contributed by atoms with Gasteiger partial charge in [0.05, 0.1) is 0 Å². The van der Waals surface area contributed by atoms with Gasteiger partial charge in [0.15, 0.2) is 0 Å². The Morgan fingerprint density at radius 3 is 2.64 bits per heavy atom. The fourth-order valence-corrected chi connectivity index (χ4v) is 1.84. The van der Waals surface area contributed by atoms with Crippen LogP contribution in [0.25, 0.3) is 0 Å². The molecule has 1 aromatic rings. The van der Waals surface area contributed by atoms with Crippen LogP contribution in [0.15, 0.2) is 16.8 Å². The lowest BCUT2D eigenvalue weighted by Gasteiger charge is -2.15. The minimum absolute atomic E-state index is 0.0310. The van der Waals surface area contributed by atoms with E-state index in [1.165, 1.54) is 11.3 Å². The quantitative estimate of drug-likeness (QED) is 0.609. The van der Waals surface area contributed by atoms with Crippen molar-refractivity contribution in [1.29, 1.82) is 0 Å². The third-order valence-electron chi connectivity index (χ3n) is 1.86. The van der Waals surface area contributed by atoms with E-state index in [9.17, 15) is 13.2 Å². The molecule has 3 N–H and O–H groups in total. The summed E-state index contributed by atoms with van der Waals surface area (Å²) in [5.74, 6) is 5.18. The Morgan fingerprint density at radius 1 is 1.50 bits per heavy atom. The third-order valence-corrected chi connectivity index (χ3v) is 2.56. The van der Waals surface area contributed by atoms with Gasteiger partial charge in [-0.2, -0.15) is 24.5 Å². The summed E-state index contributed by atoms with van der Waals surface area (Å²) < 4.78 is 35.8. The third kappa shape index (κ3) is 3.65. The topological polar surface area (TPSA) is 38.0 Å². The summed E-state index contributed by atoms with van der Waals surface area (Å²) in [4.78, 5) is 0. The second kappa shape index (κ2) is 4.77. The Kier molecular flexibility index (Phi) is 3.91. The van der Waals surface area contributed by atoms with E-state index in [4.69, 9.17) is 5.84 Å². The zero-order valence-corrected chi connectivity index (χ0v) is 8.16. The highest BCUT2D eigenvalue weighted by Gasteiger charge is 2.28. The molecule has 0 spiro atoms. The molecule has 2 nitrogen and oxygen atoms in total. The predicted octanol–water partition coefficient (Wildman–Crippen LogP) is 2.60. The van der Waals surface area contributed by atoms with Gasteiger partial charge in [0.2, 0.25) is 0 Å². The van der Waals surface area contributed by atoms with Crippen LogP contribution in [-0.4, -0.2) is 6.18 Å². The molecular weight excluding hydrogens is 213 g/mol. The number of nitrogens with one attached hydrogen (secondary N) is 1. The van der Waals surface area contributed by atoms with E-state index >= 15 is 0 Å². The molecule has 0 saturated heterocycles. The van der Waals surface area contributed by atoms with Crippen LogP contribution in [0.5, 0.6) is 0 Å². The maximum Gasteiger partial charge on any atom is 0.389 e. The van der Waals surface area contributed by atoms with Crippen LogP contribution >= 0.6 is 11.3 Å². The van der Waals surface area contributed by atoms with Gasteiger partial charge >= 0.3 is 6.18 Å². The van der Waals surface area contributed by atoms with E-state index in [0.29, 0.717) is 0 Å². The first kappa shape index (κ1) is 11.5. The van der Waals surface area contributed by atoms with Gasteiger partial charge in [0.25, 0.3) is 0 Å². The highest BCUT2D eigenvalue weighted by atomic mass is 32.1. The molecule has 0 aliphatic carbocycles. The van der Waals surface area contributed by atoms with Crippen molar-refractivity contribution in [2.75, 3.05) is 0 Å². The molecule has 1 aromatic heterocycles. The summed E-state index contributed by atoms with van der Waals surface area (Å²) in [5, 5.41) is 3.61. The summed E-state index contributed by atoms with van der Waals surface area (Å²) in [7, 11) is 0. The van der Waals surface area contributed by atoms with Gasteiger partial charge in [-0.25, -0.2) is 0 Å². The first-order valence-electron chi connectivity index (χ1n) is 4.08. The first-order chi connectivity index (χ1) is 6.53. The fraction of sp³-hybridized carbons (Fsp3) is 0.500. The molecule has 0 aliphatic heterocycles. The van der Waals surface area contributed by atoms with Gasteiger partial charge in [-0.3, -0.25) is 11.3 Å². The summed E-state index contributed by atoms with van der Waals surface area (Å²) in [6, 6.07) is 1.36. The smallest absolute Gasteiger partial charge is 0.271 e. The molecule has 0 fully saturated rings. The SMILES string of the molecule is NNC(CCC(F)(F)F)c1ccsc1. The number of hydrogen-bond acceptors (Lipinski definition) is 3. The van der Waals surface area contributed by atoms with E-state index in [-0.39, 0.29) is 6.42 Å². The number of nitrogens with two attached hydrogens (primary N) is 1. The van der Waals surface area contributed by atoms with E-state index in [2.05, 4.69) is 5.43 Å². The summed E-state index contributed by atoms with van der Waals surface area (Å²) in [6.45, 7) is 0. The lowest BCUT2D eigenvalue weighted by Crippen LogP contribution is -2.28. The van der Waals surface area contributed by atoms with Crippen molar-refractivity contribution in [1.82, 2.24) is 5.43 Å². The molecule has 0 aliphatic rings. The predicted molar refractivity (Wildman–Crippen MR) is 49.7 cm³/mol. The molecule has 1 atom stereocenters. The van der Waals surface area contributed by atoms with Crippen molar-refractivity contribution in [3.05, 3.63) is 22.4 Å². The van der Waals surface area contributed by atoms with Crippen molar-refractivity contribution >= 4 is 11.3 Å². The summed E-state index contributed by atoms with van der Waals surface area (Å²) >= 11 is 1.44. The van der Waals surface area contributed by atoms with Crippen LogP contribution in [0.2, 0.25) is 0 Å². The Balaban J connectivity index is 2.49. The van der Waals surface area contributed by atoms with E-state index in [1.807, 2.05) is 5.38 Å². The highest BCUT2D eigenvalue weighted by molar-refractivity contribution is 7.07. The lowest BCUT2D eigenvalue weighted by molar-refractivity contribution is -0.136. The van der Waals surface area contributed by atoms with Crippen molar-refractivity contribution in [3.63, 3.8) is 0 Å². The molecule has 1 heterocycles.